The molecule has 0 atom stereocenters. The highest BCUT2D eigenvalue weighted by atomic mass is 35.5. The van der Waals surface area contributed by atoms with Gasteiger partial charge in [-0.3, -0.25) is 9.36 Å². The Morgan fingerprint density at radius 1 is 0.882 bits per heavy atom. The Morgan fingerprint density at radius 2 is 1.65 bits per heavy atom. The summed E-state index contributed by atoms with van der Waals surface area (Å²) in [4.78, 5) is 0. The number of thiocarbonyl (C=S) groups is 1. The number of hydrogen-bond acceptors (Lipinski definition) is 3. The van der Waals surface area contributed by atoms with E-state index in [0.717, 1.165) is 28.2 Å². The number of aromatic nitrogens is 4. The van der Waals surface area contributed by atoms with Crippen molar-refractivity contribution in [2.75, 3.05) is 10.6 Å². The van der Waals surface area contributed by atoms with Crippen molar-refractivity contribution in [2.45, 2.75) is 26.9 Å². The van der Waals surface area contributed by atoms with Crippen molar-refractivity contribution in [3.63, 3.8) is 0 Å². The Hall–Kier alpha value is -2.29. The number of aryl methyl sites for hydroxylation is 1. The minimum Gasteiger partial charge on any atom is -0.329 e. The molecule has 11 heteroatoms. The fraction of sp³-hybridized carbons (Fsp3) is 0.174. The van der Waals surface area contributed by atoms with Gasteiger partial charge in [0.1, 0.15) is 5.02 Å². The standard InChI is InChI=1S/C23H20Cl4N6S/c1-13-21(14(2)33(30-13)10-15-7-8-18(25)19(26)9-15)28-23(34)29-22-20(27)12-32(31-22)11-16-5-3-4-6-17(16)24/h3-9,12H,10-11H2,1-2H3,(H2,28,29,31,34). The third-order valence-electron chi connectivity index (χ3n) is 5.18. The molecular formula is C23H20Cl4N6S. The lowest BCUT2D eigenvalue weighted by molar-refractivity contribution is 0.659. The number of nitrogens with zero attached hydrogens (tertiary/aromatic N) is 4. The number of halogens is 4. The highest BCUT2D eigenvalue weighted by Gasteiger charge is 2.15. The van der Waals surface area contributed by atoms with Crippen LogP contribution in [0.1, 0.15) is 22.5 Å². The molecule has 0 bridgehead atoms. The normalized spacial score (nSPS) is 11.0. The molecule has 2 aromatic carbocycles. The lowest BCUT2D eigenvalue weighted by Gasteiger charge is -2.10. The number of benzene rings is 2. The molecule has 2 N–H and O–H groups in total. The Balaban J connectivity index is 1.45. The van der Waals surface area contributed by atoms with Gasteiger partial charge >= 0.3 is 0 Å². The molecular weight excluding hydrogens is 534 g/mol. The number of anilines is 2. The van der Waals surface area contributed by atoms with Gasteiger partial charge in [-0.15, -0.1) is 0 Å². The van der Waals surface area contributed by atoms with Gasteiger partial charge in [-0.1, -0.05) is 70.7 Å². The molecule has 2 heterocycles. The van der Waals surface area contributed by atoms with Gasteiger partial charge < -0.3 is 10.6 Å². The van der Waals surface area contributed by atoms with Crippen molar-refractivity contribution >= 4 is 75.2 Å². The maximum Gasteiger partial charge on any atom is 0.176 e. The summed E-state index contributed by atoms with van der Waals surface area (Å²) in [6.07, 6.45) is 1.72. The summed E-state index contributed by atoms with van der Waals surface area (Å²) in [5.74, 6) is 0.449. The zero-order chi connectivity index (χ0) is 24.4. The van der Waals surface area contributed by atoms with Gasteiger partial charge in [-0.05, 0) is 55.4 Å². The summed E-state index contributed by atoms with van der Waals surface area (Å²) < 4.78 is 3.59. The van der Waals surface area contributed by atoms with Crippen molar-refractivity contribution in [1.29, 1.82) is 0 Å². The highest BCUT2D eigenvalue weighted by Crippen LogP contribution is 2.26. The Kier molecular flexibility index (Phi) is 7.70. The van der Waals surface area contributed by atoms with E-state index in [2.05, 4.69) is 20.8 Å². The van der Waals surface area contributed by atoms with E-state index in [-0.39, 0.29) is 0 Å². The summed E-state index contributed by atoms with van der Waals surface area (Å²) in [6.45, 7) is 4.91. The summed E-state index contributed by atoms with van der Waals surface area (Å²) in [7, 11) is 0. The molecule has 0 aliphatic carbocycles. The largest absolute Gasteiger partial charge is 0.329 e. The van der Waals surface area contributed by atoms with Gasteiger partial charge in [0.25, 0.3) is 0 Å². The third kappa shape index (κ3) is 5.67. The topological polar surface area (TPSA) is 59.7 Å². The summed E-state index contributed by atoms with van der Waals surface area (Å²) >= 11 is 30.3. The van der Waals surface area contributed by atoms with Crippen molar-refractivity contribution in [3.05, 3.63) is 91.3 Å². The second kappa shape index (κ2) is 10.5. The lowest BCUT2D eigenvalue weighted by atomic mass is 10.2. The molecule has 0 saturated carbocycles. The SMILES string of the molecule is Cc1nn(Cc2ccc(Cl)c(Cl)c2)c(C)c1NC(=S)Nc1nn(Cc2ccccc2Cl)cc1Cl. The molecule has 0 fully saturated rings. The molecule has 0 unspecified atom stereocenters. The molecule has 0 saturated heterocycles. The molecule has 2 aromatic heterocycles. The van der Waals surface area contributed by atoms with Crippen LogP contribution >= 0.6 is 58.6 Å². The summed E-state index contributed by atoms with van der Waals surface area (Å²) in [5, 5.41) is 17.9. The summed E-state index contributed by atoms with van der Waals surface area (Å²) in [5.41, 5.74) is 4.46. The van der Waals surface area contributed by atoms with Gasteiger partial charge in [0.2, 0.25) is 0 Å². The van der Waals surface area contributed by atoms with Crippen LogP contribution in [0.3, 0.4) is 0 Å². The molecule has 0 radical (unpaired) electrons. The van der Waals surface area contributed by atoms with Crippen LogP contribution in [0.25, 0.3) is 0 Å². The van der Waals surface area contributed by atoms with Crippen molar-refractivity contribution in [1.82, 2.24) is 19.6 Å². The van der Waals surface area contributed by atoms with Crippen LogP contribution in [-0.2, 0) is 13.1 Å². The number of rotatable bonds is 6. The first kappa shape index (κ1) is 24.8. The van der Waals surface area contributed by atoms with Crippen LogP contribution in [-0.4, -0.2) is 24.7 Å². The second-order valence-electron chi connectivity index (χ2n) is 7.65. The Bertz CT molecular complexity index is 1360. The highest BCUT2D eigenvalue weighted by molar-refractivity contribution is 7.80. The predicted octanol–water partition coefficient (Wildman–Crippen LogP) is 7.22. The van der Waals surface area contributed by atoms with Crippen LogP contribution < -0.4 is 10.6 Å². The van der Waals surface area contributed by atoms with Crippen molar-refractivity contribution < 1.29 is 0 Å². The fourth-order valence-corrected chi connectivity index (χ4v) is 4.37. The maximum atomic E-state index is 6.38. The molecule has 6 nitrogen and oxygen atoms in total. The number of hydrogen-bond donors (Lipinski definition) is 2. The second-order valence-corrected chi connectivity index (χ2v) is 9.68. The van der Waals surface area contributed by atoms with E-state index >= 15 is 0 Å². The van der Waals surface area contributed by atoms with E-state index in [0.29, 0.717) is 44.1 Å². The summed E-state index contributed by atoms with van der Waals surface area (Å²) in [6, 6.07) is 13.1. The van der Waals surface area contributed by atoms with E-state index in [9.17, 15) is 0 Å². The first-order valence-electron chi connectivity index (χ1n) is 10.2. The Morgan fingerprint density at radius 3 is 2.38 bits per heavy atom. The van der Waals surface area contributed by atoms with Gasteiger partial charge in [-0.25, -0.2) is 0 Å². The smallest absolute Gasteiger partial charge is 0.176 e. The molecule has 0 spiro atoms. The van der Waals surface area contributed by atoms with Crippen LogP contribution in [0.4, 0.5) is 11.5 Å². The van der Waals surface area contributed by atoms with Gasteiger partial charge in [0.05, 0.1) is 40.2 Å². The van der Waals surface area contributed by atoms with E-state index in [4.69, 9.17) is 58.6 Å². The molecule has 34 heavy (non-hydrogen) atoms. The average molecular weight is 554 g/mol. The average Bonchev–Trinajstić information content (AvgIpc) is 3.25. The lowest BCUT2D eigenvalue weighted by Crippen LogP contribution is -2.20. The van der Waals surface area contributed by atoms with Gasteiger partial charge in [0, 0.05) is 11.2 Å². The van der Waals surface area contributed by atoms with Crippen LogP contribution in [0.2, 0.25) is 20.1 Å². The molecule has 4 rings (SSSR count). The van der Waals surface area contributed by atoms with Crippen molar-refractivity contribution in [3.8, 4) is 0 Å². The molecule has 0 aliphatic rings. The monoisotopic (exact) mass is 552 g/mol. The minimum absolute atomic E-state index is 0.352. The van der Waals surface area contributed by atoms with E-state index in [1.165, 1.54) is 0 Å². The molecule has 0 amide bonds. The molecule has 4 aromatic rings. The number of nitrogens with one attached hydrogen (secondary N) is 2. The molecule has 176 valence electrons. The van der Waals surface area contributed by atoms with Crippen LogP contribution in [0, 0.1) is 13.8 Å². The Labute approximate surface area is 222 Å². The zero-order valence-electron chi connectivity index (χ0n) is 18.2. The van der Waals surface area contributed by atoms with Crippen LogP contribution in [0.15, 0.2) is 48.7 Å². The van der Waals surface area contributed by atoms with Crippen molar-refractivity contribution in [2.24, 2.45) is 0 Å². The zero-order valence-corrected chi connectivity index (χ0v) is 22.1. The van der Waals surface area contributed by atoms with Gasteiger partial charge in [-0.2, -0.15) is 10.2 Å². The fourth-order valence-electron chi connectivity index (χ4n) is 3.46. The minimum atomic E-state index is 0.352. The maximum absolute atomic E-state index is 6.38. The first-order valence-corrected chi connectivity index (χ1v) is 12.2. The van der Waals surface area contributed by atoms with Crippen LogP contribution in [0.5, 0.6) is 0 Å². The van der Waals surface area contributed by atoms with E-state index in [1.54, 1.807) is 16.9 Å². The molecule has 0 aliphatic heterocycles. The predicted molar refractivity (Wildman–Crippen MR) is 145 cm³/mol. The van der Waals surface area contributed by atoms with E-state index in [1.807, 2.05) is 54.9 Å². The third-order valence-corrected chi connectivity index (χ3v) is 6.76. The van der Waals surface area contributed by atoms with Gasteiger partial charge in [0.15, 0.2) is 10.9 Å². The van der Waals surface area contributed by atoms with E-state index < -0.39 is 0 Å². The quantitative estimate of drug-likeness (QED) is 0.247. The first-order chi connectivity index (χ1) is 16.2.